The van der Waals surface area contributed by atoms with Crippen LogP contribution in [0, 0.1) is 0 Å². The number of carbonyl (C=O) groups excluding carboxylic acids is 1. The fourth-order valence-corrected chi connectivity index (χ4v) is 2.08. The molecule has 0 saturated heterocycles. The van der Waals surface area contributed by atoms with Crippen LogP contribution >= 0.6 is 0 Å². The molecule has 0 atom stereocenters. The molecule has 0 unspecified atom stereocenters. The van der Waals surface area contributed by atoms with Crippen LogP contribution in [0.3, 0.4) is 0 Å². The lowest BCUT2D eigenvalue weighted by Crippen LogP contribution is -2.20. The van der Waals surface area contributed by atoms with Crippen LogP contribution in [-0.2, 0) is 18.3 Å². The van der Waals surface area contributed by atoms with Gasteiger partial charge < -0.3 is 14.7 Å². The highest BCUT2D eigenvalue weighted by Crippen LogP contribution is 2.21. The lowest BCUT2D eigenvalue weighted by molar-refractivity contribution is 0.0525. The molecule has 0 bridgehead atoms. The average Bonchev–Trinajstić information content (AvgIpc) is 2.80. The van der Waals surface area contributed by atoms with E-state index < -0.39 is 0 Å². The van der Waals surface area contributed by atoms with E-state index in [-0.39, 0.29) is 11.7 Å². The molecule has 1 aromatic carbocycles. The highest BCUT2D eigenvalue weighted by molar-refractivity contribution is 5.90. The molecule has 2 rings (SSSR count). The highest BCUT2D eigenvalue weighted by atomic mass is 16.5. The van der Waals surface area contributed by atoms with Gasteiger partial charge in [0.1, 0.15) is 11.3 Å². The van der Waals surface area contributed by atoms with E-state index in [0.29, 0.717) is 18.7 Å². The first-order valence-corrected chi connectivity index (χ1v) is 6.71. The summed E-state index contributed by atoms with van der Waals surface area (Å²) in [5, 5.41) is 13.7. The summed E-state index contributed by atoms with van der Waals surface area (Å²) in [5.41, 5.74) is 2.08. The molecular formula is C15H19N3O3. The fraction of sp³-hybridized carbons (Fsp3) is 0.333. The number of phenols is 1. The molecule has 6 nitrogen and oxygen atoms in total. The van der Waals surface area contributed by atoms with Gasteiger partial charge in [0.15, 0.2) is 0 Å². The van der Waals surface area contributed by atoms with E-state index in [1.807, 2.05) is 18.0 Å². The van der Waals surface area contributed by atoms with Crippen molar-refractivity contribution in [3.05, 3.63) is 41.7 Å². The number of nitrogens with zero attached hydrogens (tertiary/aromatic N) is 3. The minimum Gasteiger partial charge on any atom is -0.508 e. The quantitative estimate of drug-likeness (QED) is 0.852. The van der Waals surface area contributed by atoms with Crippen molar-refractivity contribution in [1.82, 2.24) is 9.78 Å². The number of rotatable bonds is 5. The molecule has 0 fully saturated rings. The van der Waals surface area contributed by atoms with Crippen molar-refractivity contribution in [2.24, 2.45) is 7.05 Å². The van der Waals surface area contributed by atoms with Crippen molar-refractivity contribution < 1.29 is 14.6 Å². The number of esters is 1. The molecule has 1 heterocycles. The largest absolute Gasteiger partial charge is 0.508 e. The van der Waals surface area contributed by atoms with Crippen LogP contribution in [0.15, 0.2) is 30.5 Å². The molecule has 0 aliphatic carbocycles. The van der Waals surface area contributed by atoms with Crippen molar-refractivity contribution >= 4 is 11.7 Å². The molecule has 0 aliphatic heterocycles. The maximum absolute atomic E-state index is 11.9. The number of benzene rings is 1. The molecule has 2 aromatic rings. The zero-order valence-corrected chi connectivity index (χ0v) is 12.4. The topological polar surface area (TPSA) is 67.6 Å². The lowest BCUT2D eigenvalue weighted by atomic mass is 10.2. The van der Waals surface area contributed by atoms with E-state index in [0.717, 1.165) is 11.4 Å². The van der Waals surface area contributed by atoms with Crippen molar-refractivity contribution in [2.45, 2.75) is 13.5 Å². The van der Waals surface area contributed by atoms with Gasteiger partial charge in [-0.3, -0.25) is 4.68 Å². The molecule has 0 aliphatic rings. The van der Waals surface area contributed by atoms with E-state index in [4.69, 9.17) is 4.74 Å². The average molecular weight is 289 g/mol. The van der Waals surface area contributed by atoms with Gasteiger partial charge in [-0.2, -0.15) is 5.10 Å². The molecule has 0 spiro atoms. The lowest BCUT2D eigenvalue weighted by Gasteiger charge is -2.20. The van der Waals surface area contributed by atoms with Crippen LogP contribution in [0.5, 0.6) is 5.75 Å². The van der Waals surface area contributed by atoms with Crippen molar-refractivity contribution in [3.63, 3.8) is 0 Å². The summed E-state index contributed by atoms with van der Waals surface area (Å²) < 4.78 is 6.70. The smallest absolute Gasteiger partial charge is 0.341 e. The molecule has 21 heavy (non-hydrogen) atoms. The third-order valence-electron chi connectivity index (χ3n) is 3.21. The van der Waals surface area contributed by atoms with Crippen LogP contribution in [-0.4, -0.2) is 34.5 Å². The second-order valence-corrected chi connectivity index (χ2v) is 4.72. The van der Waals surface area contributed by atoms with Gasteiger partial charge in [0.05, 0.1) is 25.0 Å². The van der Waals surface area contributed by atoms with Crippen LogP contribution in [0.1, 0.15) is 23.0 Å². The number of ether oxygens (including phenoxy) is 1. The predicted octanol–water partition coefficient (Wildman–Crippen LogP) is 1.94. The second kappa shape index (κ2) is 6.30. The minimum absolute atomic E-state index is 0.204. The molecular weight excluding hydrogens is 270 g/mol. The van der Waals surface area contributed by atoms with E-state index in [1.165, 1.54) is 6.20 Å². The Balaban J connectivity index is 2.23. The van der Waals surface area contributed by atoms with Gasteiger partial charge in [0.2, 0.25) is 0 Å². The minimum atomic E-state index is -0.370. The van der Waals surface area contributed by atoms with Crippen molar-refractivity contribution in [3.8, 4) is 5.75 Å². The predicted molar refractivity (Wildman–Crippen MR) is 79.4 cm³/mol. The summed E-state index contributed by atoms with van der Waals surface area (Å²) in [6, 6.07) is 6.95. The number of aromatic nitrogens is 2. The fourth-order valence-electron chi connectivity index (χ4n) is 2.08. The van der Waals surface area contributed by atoms with Gasteiger partial charge in [-0.05, 0) is 19.1 Å². The van der Waals surface area contributed by atoms with Crippen LogP contribution in [0.25, 0.3) is 0 Å². The standard InChI is InChI=1S/C15H19N3O3/c1-4-21-15(20)13-9-16-18(3)14(13)10-17(2)11-6-5-7-12(19)8-11/h5-9,19H,4,10H2,1-3H3. The summed E-state index contributed by atoms with van der Waals surface area (Å²) in [5.74, 6) is -0.167. The number of aryl methyl sites for hydroxylation is 1. The third kappa shape index (κ3) is 3.34. The Kier molecular flexibility index (Phi) is 4.47. The Hall–Kier alpha value is -2.50. The Labute approximate surface area is 123 Å². The summed E-state index contributed by atoms with van der Waals surface area (Å²) >= 11 is 0. The molecule has 112 valence electrons. The molecule has 0 saturated carbocycles. The first-order valence-electron chi connectivity index (χ1n) is 6.71. The zero-order chi connectivity index (χ0) is 15.4. The normalized spacial score (nSPS) is 10.4. The van der Waals surface area contributed by atoms with Gasteiger partial charge in [-0.25, -0.2) is 4.79 Å². The first-order chi connectivity index (χ1) is 10.0. The molecule has 1 aromatic heterocycles. The van der Waals surface area contributed by atoms with Gasteiger partial charge >= 0.3 is 5.97 Å². The summed E-state index contributed by atoms with van der Waals surface area (Å²) in [6.07, 6.45) is 1.52. The summed E-state index contributed by atoms with van der Waals surface area (Å²) in [4.78, 5) is 13.8. The summed E-state index contributed by atoms with van der Waals surface area (Å²) in [7, 11) is 3.67. The van der Waals surface area contributed by atoms with E-state index in [2.05, 4.69) is 5.10 Å². The number of anilines is 1. The van der Waals surface area contributed by atoms with E-state index in [1.54, 1.807) is 36.9 Å². The second-order valence-electron chi connectivity index (χ2n) is 4.72. The Morgan fingerprint density at radius 1 is 1.48 bits per heavy atom. The molecule has 0 radical (unpaired) electrons. The number of phenolic OH excluding ortho intramolecular Hbond substituents is 1. The number of hydrogen-bond acceptors (Lipinski definition) is 5. The monoisotopic (exact) mass is 289 g/mol. The van der Waals surface area contributed by atoms with Crippen molar-refractivity contribution in [1.29, 1.82) is 0 Å². The number of carbonyl (C=O) groups is 1. The highest BCUT2D eigenvalue weighted by Gasteiger charge is 2.18. The van der Waals surface area contributed by atoms with E-state index in [9.17, 15) is 9.90 Å². The summed E-state index contributed by atoms with van der Waals surface area (Å²) in [6.45, 7) is 2.58. The van der Waals surface area contributed by atoms with Crippen molar-refractivity contribution in [2.75, 3.05) is 18.6 Å². The van der Waals surface area contributed by atoms with E-state index >= 15 is 0 Å². The van der Waals surface area contributed by atoms with Crippen LogP contribution in [0.2, 0.25) is 0 Å². The van der Waals surface area contributed by atoms with Crippen LogP contribution in [0.4, 0.5) is 5.69 Å². The number of hydrogen-bond donors (Lipinski definition) is 1. The molecule has 0 amide bonds. The number of aromatic hydroxyl groups is 1. The maximum Gasteiger partial charge on any atom is 0.341 e. The maximum atomic E-state index is 11.9. The Morgan fingerprint density at radius 2 is 2.24 bits per heavy atom. The Morgan fingerprint density at radius 3 is 2.90 bits per heavy atom. The van der Waals surface area contributed by atoms with Gasteiger partial charge in [0.25, 0.3) is 0 Å². The zero-order valence-electron chi connectivity index (χ0n) is 12.4. The van der Waals surface area contributed by atoms with Gasteiger partial charge in [0, 0.05) is 25.8 Å². The third-order valence-corrected chi connectivity index (χ3v) is 3.21. The van der Waals surface area contributed by atoms with Gasteiger partial charge in [-0.15, -0.1) is 0 Å². The van der Waals surface area contributed by atoms with Gasteiger partial charge in [-0.1, -0.05) is 6.07 Å². The first kappa shape index (κ1) is 14.9. The van der Waals surface area contributed by atoms with Crippen LogP contribution < -0.4 is 4.90 Å². The molecule has 6 heteroatoms. The SMILES string of the molecule is CCOC(=O)c1cnn(C)c1CN(C)c1cccc(O)c1. The molecule has 1 N–H and O–H groups in total. The Bertz CT molecular complexity index is 637.